The molecule has 3 nitrogen and oxygen atoms in total. The average Bonchev–Trinajstić information content (AvgIpc) is 2.40. The van der Waals surface area contributed by atoms with Crippen molar-refractivity contribution < 1.29 is 9.53 Å². The third-order valence-corrected chi connectivity index (χ3v) is 4.59. The van der Waals surface area contributed by atoms with E-state index in [0.29, 0.717) is 5.56 Å². The first-order valence-corrected chi connectivity index (χ1v) is 7.53. The maximum Gasteiger partial charge on any atom is 0.251 e. The van der Waals surface area contributed by atoms with Gasteiger partial charge in [-0.2, -0.15) is 0 Å². The molecule has 20 heavy (non-hydrogen) atoms. The molecule has 110 valence electrons. The fourth-order valence-corrected chi connectivity index (χ4v) is 2.91. The van der Waals surface area contributed by atoms with E-state index in [2.05, 4.69) is 31.8 Å². The molecule has 0 radical (unpaired) electrons. The van der Waals surface area contributed by atoms with E-state index in [4.69, 9.17) is 4.74 Å². The Morgan fingerprint density at radius 3 is 2.80 bits per heavy atom. The topological polar surface area (TPSA) is 38.3 Å². The van der Waals surface area contributed by atoms with Gasteiger partial charge < -0.3 is 10.1 Å². The van der Waals surface area contributed by atoms with Gasteiger partial charge in [0, 0.05) is 28.5 Å². The first-order valence-electron chi connectivity index (χ1n) is 7.08. The molecule has 1 N–H and O–H groups in total. The summed E-state index contributed by atoms with van der Waals surface area (Å²) in [5, 5.41) is 3.13. The summed E-state index contributed by atoms with van der Waals surface area (Å²) >= 11 is 4.30. The maximum atomic E-state index is 12.4. The highest BCUT2D eigenvalue weighted by Crippen LogP contribution is 2.42. The molecule has 0 heterocycles. The van der Waals surface area contributed by atoms with Gasteiger partial charge in [0.05, 0.1) is 6.10 Å². The third-order valence-electron chi connectivity index (χ3n) is 4.32. The largest absolute Gasteiger partial charge is 0.378 e. The van der Waals surface area contributed by atoms with Crippen LogP contribution in [-0.4, -0.2) is 24.7 Å². The molecule has 1 aromatic rings. The summed E-state index contributed by atoms with van der Waals surface area (Å²) in [5.41, 5.74) is 1.66. The van der Waals surface area contributed by atoms with Gasteiger partial charge in [-0.05, 0) is 38.0 Å². The first kappa shape index (κ1) is 15.4. The zero-order valence-electron chi connectivity index (χ0n) is 12.6. The molecule has 0 bridgehead atoms. The van der Waals surface area contributed by atoms with Crippen LogP contribution in [0.5, 0.6) is 0 Å². The second kappa shape index (κ2) is 5.78. The monoisotopic (exact) mass is 293 g/mol. The Balaban J connectivity index is 2.05. The number of hydrogen-bond donors (Lipinski definition) is 2. The molecule has 0 saturated heterocycles. The van der Waals surface area contributed by atoms with Crippen molar-refractivity contribution in [2.45, 2.75) is 51.2 Å². The van der Waals surface area contributed by atoms with Crippen molar-refractivity contribution in [2.75, 3.05) is 6.61 Å². The highest BCUT2D eigenvalue weighted by Gasteiger charge is 2.49. The number of nitrogens with one attached hydrogen (secondary N) is 1. The lowest BCUT2D eigenvalue weighted by Crippen LogP contribution is -2.62. The van der Waals surface area contributed by atoms with Gasteiger partial charge in [-0.3, -0.25) is 4.79 Å². The van der Waals surface area contributed by atoms with Crippen LogP contribution in [0.3, 0.4) is 0 Å². The molecule has 2 rings (SSSR count). The van der Waals surface area contributed by atoms with Gasteiger partial charge >= 0.3 is 0 Å². The summed E-state index contributed by atoms with van der Waals surface area (Å²) in [6.07, 6.45) is 1.11. The molecular weight excluding hydrogens is 270 g/mol. The molecular formula is C16H23NO2S. The Morgan fingerprint density at radius 2 is 2.20 bits per heavy atom. The molecule has 2 atom stereocenters. The van der Waals surface area contributed by atoms with Crippen LogP contribution < -0.4 is 5.32 Å². The predicted octanol–water partition coefficient (Wildman–Crippen LogP) is 3.22. The highest BCUT2D eigenvalue weighted by atomic mass is 32.1. The van der Waals surface area contributed by atoms with Crippen LogP contribution in [0.2, 0.25) is 0 Å². The van der Waals surface area contributed by atoms with E-state index in [1.807, 2.05) is 32.0 Å². The molecule has 1 aliphatic rings. The van der Waals surface area contributed by atoms with E-state index in [1.165, 1.54) is 0 Å². The van der Waals surface area contributed by atoms with Gasteiger partial charge in [0.25, 0.3) is 5.91 Å². The van der Waals surface area contributed by atoms with E-state index >= 15 is 0 Å². The lowest BCUT2D eigenvalue weighted by atomic mass is 9.64. The Kier molecular flexibility index (Phi) is 4.45. The van der Waals surface area contributed by atoms with Gasteiger partial charge in [0.2, 0.25) is 0 Å². The molecule has 0 aliphatic heterocycles. The standard InChI is InChI=1S/C16H23NO2S/c1-5-19-14-9-13(16(14,3)4)17-15(18)12-8-11(20)7-6-10(12)2/h6-8,13-14,20H,5,9H2,1-4H3,(H,17,18). The number of carbonyl (C=O) groups excluding carboxylic acids is 1. The number of amides is 1. The van der Waals surface area contributed by atoms with Crippen molar-refractivity contribution in [2.24, 2.45) is 5.41 Å². The van der Waals surface area contributed by atoms with Crippen LogP contribution in [0.15, 0.2) is 23.1 Å². The van der Waals surface area contributed by atoms with Crippen molar-refractivity contribution in [3.8, 4) is 0 Å². The first-order chi connectivity index (χ1) is 9.36. The van der Waals surface area contributed by atoms with Crippen molar-refractivity contribution in [3.05, 3.63) is 29.3 Å². The van der Waals surface area contributed by atoms with Crippen molar-refractivity contribution in [3.63, 3.8) is 0 Å². The second-order valence-corrected chi connectivity index (χ2v) is 6.54. The summed E-state index contributed by atoms with van der Waals surface area (Å²) in [6.45, 7) is 8.95. The van der Waals surface area contributed by atoms with E-state index in [9.17, 15) is 4.79 Å². The van der Waals surface area contributed by atoms with Crippen LogP contribution >= 0.6 is 12.6 Å². The maximum absolute atomic E-state index is 12.4. The summed E-state index contributed by atoms with van der Waals surface area (Å²) < 4.78 is 5.69. The molecule has 2 unspecified atom stereocenters. The smallest absolute Gasteiger partial charge is 0.251 e. The normalized spacial score (nSPS) is 24.1. The van der Waals surface area contributed by atoms with Crippen LogP contribution in [0.1, 0.15) is 43.1 Å². The number of carbonyl (C=O) groups is 1. The van der Waals surface area contributed by atoms with Gasteiger partial charge in [0.15, 0.2) is 0 Å². The number of aryl methyl sites for hydroxylation is 1. The summed E-state index contributed by atoms with van der Waals surface area (Å²) in [7, 11) is 0. The minimum absolute atomic E-state index is 0.0157. The van der Waals surface area contributed by atoms with Gasteiger partial charge in [-0.15, -0.1) is 12.6 Å². The number of rotatable bonds is 4. The minimum atomic E-state index is -0.0218. The zero-order valence-corrected chi connectivity index (χ0v) is 13.5. The van der Waals surface area contributed by atoms with Crippen LogP contribution in [-0.2, 0) is 4.74 Å². The van der Waals surface area contributed by atoms with Gasteiger partial charge in [-0.1, -0.05) is 19.9 Å². The average molecular weight is 293 g/mol. The van der Waals surface area contributed by atoms with Crippen LogP contribution in [0.4, 0.5) is 0 Å². The molecule has 1 fully saturated rings. The Hall–Kier alpha value is -1.00. The van der Waals surface area contributed by atoms with Crippen LogP contribution in [0, 0.1) is 12.3 Å². The van der Waals surface area contributed by atoms with E-state index in [0.717, 1.165) is 23.5 Å². The number of ether oxygens (including phenoxy) is 1. The quantitative estimate of drug-likeness (QED) is 0.837. The Labute approximate surface area is 126 Å². The highest BCUT2D eigenvalue weighted by molar-refractivity contribution is 7.80. The van der Waals surface area contributed by atoms with E-state index < -0.39 is 0 Å². The van der Waals surface area contributed by atoms with E-state index in [-0.39, 0.29) is 23.5 Å². The molecule has 1 saturated carbocycles. The second-order valence-electron chi connectivity index (χ2n) is 6.03. The molecule has 0 aromatic heterocycles. The zero-order chi connectivity index (χ0) is 14.9. The number of thiol groups is 1. The van der Waals surface area contributed by atoms with Crippen molar-refractivity contribution >= 4 is 18.5 Å². The Morgan fingerprint density at radius 1 is 1.50 bits per heavy atom. The third kappa shape index (κ3) is 2.86. The van der Waals surface area contributed by atoms with Crippen molar-refractivity contribution in [1.82, 2.24) is 5.32 Å². The van der Waals surface area contributed by atoms with Gasteiger partial charge in [-0.25, -0.2) is 0 Å². The molecule has 4 heteroatoms. The summed E-state index contributed by atoms with van der Waals surface area (Å²) in [6, 6.07) is 5.80. The van der Waals surface area contributed by atoms with E-state index in [1.54, 1.807) is 0 Å². The SMILES string of the molecule is CCOC1CC(NC(=O)c2cc(S)ccc2C)C1(C)C. The molecule has 1 aliphatic carbocycles. The Bertz CT molecular complexity index is 513. The van der Waals surface area contributed by atoms with Crippen LogP contribution in [0.25, 0.3) is 0 Å². The number of hydrogen-bond acceptors (Lipinski definition) is 3. The fourth-order valence-electron chi connectivity index (χ4n) is 2.71. The van der Waals surface area contributed by atoms with Gasteiger partial charge in [0.1, 0.15) is 0 Å². The minimum Gasteiger partial charge on any atom is -0.378 e. The summed E-state index contributed by atoms with van der Waals surface area (Å²) in [5.74, 6) is -0.0218. The predicted molar refractivity (Wildman–Crippen MR) is 83.5 cm³/mol. The lowest BCUT2D eigenvalue weighted by molar-refractivity contribution is -0.111. The molecule has 1 amide bonds. The molecule has 0 spiro atoms. The molecule has 1 aromatic carbocycles. The van der Waals surface area contributed by atoms with Crippen molar-refractivity contribution in [1.29, 1.82) is 0 Å². The summed E-state index contributed by atoms with van der Waals surface area (Å²) in [4.78, 5) is 13.2. The number of benzene rings is 1. The fraction of sp³-hybridized carbons (Fsp3) is 0.562. The lowest BCUT2D eigenvalue weighted by Gasteiger charge is -2.51.